The average molecular weight is 523 g/mol. The molecule has 0 amide bonds. The number of H-pyrrole nitrogens is 1. The molecular weight excluding hydrogens is 500 g/mol. The van der Waals surface area contributed by atoms with Gasteiger partial charge in [-0.25, -0.2) is 13.4 Å². The van der Waals surface area contributed by atoms with Crippen molar-refractivity contribution in [3.05, 3.63) is 76.2 Å². The van der Waals surface area contributed by atoms with Crippen molar-refractivity contribution in [3.8, 4) is 0 Å². The van der Waals surface area contributed by atoms with Gasteiger partial charge in [0.2, 0.25) is 5.95 Å². The van der Waals surface area contributed by atoms with E-state index in [0.717, 1.165) is 24.3 Å². The van der Waals surface area contributed by atoms with Crippen molar-refractivity contribution in [1.29, 1.82) is 0 Å². The van der Waals surface area contributed by atoms with E-state index in [-0.39, 0.29) is 10.6 Å². The lowest BCUT2D eigenvalue weighted by Crippen LogP contribution is -2.46. The van der Waals surface area contributed by atoms with Gasteiger partial charge in [-0.05, 0) is 48.2 Å². The van der Waals surface area contributed by atoms with Gasteiger partial charge < -0.3 is 10.2 Å². The number of nitrogens with zero attached hydrogens (tertiary/aromatic N) is 6. The highest BCUT2D eigenvalue weighted by atomic mass is 35.5. The van der Waals surface area contributed by atoms with Crippen LogP contribution in [0.15, 0.2) is 53.4 Å². The summed E-state index contributed by atoms with van der Waals surface area (Å²) in [5.41, 5.74) is 3.55. The zero-order valence-electron chi connectivity index (χ0n) is 19.2. The van der Waals surface area contributed by atoms with E-state index in [1.165, 1.54) is 5.56 Å². The molecule has 2 aliphatic heterocycles. The second-order valence-corrected chi connectivity index (χ2v) is 11.5. The number of tetrazole rings is 1. The van der Waals surface area contributed by atoms with E-state index in [1.807, 2.05) is 48.5 Å². The van der Waals surface area contributed by atoms with E-state index in [9.17, 15) is 8.42 Å². The first-order chi connectivity index (χ1) is 17.4. The minimum atomic E-state index is -3.47. The van der Waals surface area contributed by atoms with Crippen molar-refractivity contribution >= 4 is 38.9 Å². The lowest BCUT2D eigenvalue weighted by atomic mass is 9.92. The van der Waals surface area contributed by atoms with Gasteiger partial charge in [-0.15, -0.1) is 10.2 Å². The van der Waals surface area contributed by atoms with Crippen LogP contribution in [0, 0.1) is 0 Å². The number of hydrogen-bond acceptors (Lipinski definition) is 9. The summed E-state index contributed by atoms with van der Waals surface area (Å²) in [6, 6.07) is 15.5. The van der Waals surface area contributed by atoms with Crippen LogP contribution in [0.3, 0.4) is 0 Å². The molecule has 1 fully saturated rings. The molecule has 36 heavy (non-hydrogen) atoms. The summed E-state index contributed by atoms with van der Waals surface area (Å²) < 4.78 is 26.0. The van der Waals surface area contributed by atoms with Crippen molar-refractivity contribution in [2.75, 3.05) is 29.1 Å². The Morgan fingerprint density at radius 2 is 1.83 bits per heavy atom. The highest BCUT2D eigenvalue weighted by molar-refractivity contribution is 7.91. The Hall–Kier alpha value is -3.57. The molecule has 0 spiro atoms. The van der Waals surface area contributed by atoms with Gasteiger partial charge in [0, 0.05) is 36.1 Å². The third-order valence-corrected chi connectivity index (χ3v) is 8.66. The first kappa shape index (κ1) is 22.9. The van der Waals surface area contributed by atoms with Crippen molar-refractivity contribution in [2.24, 2.45) is 0 Å². The predicted octanol–water partition coefficient (Wildman–Crippen LogP) is 3.30. The molecule has 10 nitrogen and oxygen atoms in total. The van der Waals surface area contributed by atoms with Gasteiger partial charge in [0.15, 0.2) is 21.5 Å². The maximum Gasteiger partial charge on any atom is 0.227 e. The fourth-order valence-corrected chi connectivity index (χ4v) is 6.36. The topological polar surface area (TPSA) is 130 Å². The quantitative estimate of drug-likeness (QED) is 0.391. The number of aromatic amines is 1. The summed E-state index contributed by atoms with van der Waals surface area (Å²) >= 11 is 6.02. The Morgan fingerprint density at radius 1 is 1.06 bits per heavy atom. The molecule has 2 aromatic heterocycles. The monoisotopic (exact) mass is 522 g/mol. The van der Waals surface area contributed by atoms with Crippen LogP contribution in [0.4, 0.5) is 17.5 Å². The van der Waals surface area contributed by atoms with Crippen molar-refractivity contribution in [3.63, 3.8) is 0 Å². The Kier molecular flexibility index (Phi) is 5.81. The molecule has 2 aromatic carbocycles. The van der Waals surface area contributed by atoms with Crippen LogP contribution in [-0.4, -0.2) is 57.9 Å². The lowest BCUT2D eigenvalue weighted by molar-refractivity contribution is 0.511. The molecule has 0 aliphatic carbocycles. The summed E-state index contributed by atoms with van der Waals surface area (Å²) in [4.78, 5) is 11.7. The summed E-state index contributed by atoms with van der Waals surface area (Å²) in [5.74, 6) is 1.93. The molecule has 4 heterocycles. The van der Waals surface area contributed by atoms with Gasteiger partial charge in [-0.3, -0.25) is 0 Å². The fraction of sp³-hybridized carbons (Fsp3) is 0.292. The molecule has 1 saturated heterocycles. The van der Waals surface area contributed by atoms with E-state index in [2.05, 4.69) is 35.8 Å². The normalized spacial score (nSPS) is 16.9. The Morgan fingerprint density at radius 3 is 2.56 bits per heavy atom. The number of aryl methyl sites for hydroxylation is 1. The number of nitrogens with one attached hydrogen (secondary N) is 2. The molecule has 2 aliphatic rings. The number of benzene rings is 2. The summed E-state index contributed by atoms with van der Waals surface area (Å²) in [6.45, 7) is 1.52. The molecule has 184 valence electrons. The molecule has 0 saturated carbocycles. The van der Waals surface area contributed by atoms with E-state index < -0.39 is 9.84 Å². The zero-order valence-corrected chi connectivity index (χ0v) is 20.8. The molecule has 0 bridgehead atoms. The number of sulfone groups is 1. The molecule has 6 rings (SSSR count). The van der Waals surface area contributed by atoms with Gasteiger partial charge in [0.1, 0.15) is 4.90 Å². The third kappa shape index (κ3) is 4.51. The standard InChI is InChI=1S/C24H23ClN8O2S/c25-18-7-5-16(6-8-18)17-13-33(14-17)24-27-20-2-1-11-36(34,35)22(20)23(28-24)26-19-9-3-15(4-10-19)12-21-29-31-32-30-21/h3-10,17H,1-2,11-14H2,(H,26,27,28)(H,29,30,31,32). The summed E-state index contributed by atoms with van der Waals surface area (Å²) in [7, 11) is -3.47. The first-order valence-corrected chi connectivity index (χ1v) is 13.7. The predicted molar refractivity (Wildman–Crippen MR) is 136 cm³/mol. The summed E-state index contributed by atoms with van der Waals surface area (Å²) in [5, 5.41) is 17.9. The second-order valence-electron chi connectivity index (χ2n) is 9.05. The smallest absolute Gasteiger partial charge is 0.227 e. The molecule has 0 radical (unpaired) electrons. The zero-order chi connectivity index (χ0) is 24.7. The Balaban J connectivity index is 1.26. The summed E-state index contributed by atoms with van der Waals surface area (Å²) in [6.07, 6.45) is 1.71. The average Bonchev–Trinajstić information content (AvgIpc) is 3.33. The number of fused-ring (bicyclic) bond motifs is 1. The van der Waals surface area contributed by atoms with Crippen LogP contribution in [0.1, 0.15) is 35.0 Å². The van der Waals surface area contributed by atoms with E-state index >= 15 is 0 Å². The maximum absolute atomic E-state index is 13.0. The lowest BCUT2D eigenvalue weighted by Gasteiger charge is -2.40. The third-order valence-electron chi connectivity index (χ3n) is 6.54. The maximum atomic E-state index is 13.0. The molecular formula is C24H23ClN8O2S. The van der Waals surface area contributed by atoms with Crippen LogP contribution >= 0.6 is 11.6 Å². The molecule has 12 heteroatoms. The second kappa shape index (κ2) is 9.14. The minimum absolute atomic E-state index is 0.101. The van der Waals surface area contributed by atoms with Crippen LogP contribution in [0.25, 0.3) is 0 Å². The van der Waals surface area contributed by atoms with Crippen LogP contribution in [0.2, 0.25) is 5.02 Å². The molecule has 0 unspecified atom stereocenters. The number of aromatic nitrogens is 6. The highest BCUT2D eigenvalue weighted by Gasteiger charge is 2.34. The number of hydrogen-bond donors (Lipinski definition) is 2. The number of rotatable bonds is 6. The van der Waals surface area contributed by atoms with Crippen LogP contribution < -0.4 is 10.2 Å². The van der Waals surface area contributed by atoms with Crippen molar-refractivity contribution < 1.29 is 8.42 Å². The molecule has 0 atom stereocenters. The van der Waals surface area contributed by atoms with E-state index in [1.54, 1.807) is 0 Å². The Labute approximate surface area is 213 Å². The van der Waals surface area contributed by atoms with E-state index in [0.29, 0.717) is 53.5 Å². The van der Waals surface area contributed by atoms with Gasteiger partial charge >= 0.3 is 0 Å². The van der Waals surface area contributed by atoms with Crippen molar-refractivity contribution in [1.82, 2.24) is 30.6 Å². The van der Waals surface area contributed by atoms with Gasteiger partial charge in [0.05, 0.1) is 11.4 Å². The fourth-order valence-electron chi connectivity index (χ4n) is 4.61. The van der Waals surface area contributed by atoms with Gasteiger partial charge in [-0.2, -0.15) is 10.2 Å². The Bertz CT molecular complexity index is 1490. The van der Waals surface area contributed by atoms with Gasteiger partial charge in [0.25, 0.3) is 0 Å². The van der Waals surface area contributed by atoms with Crippen LogP contribution in [0.5, 0.6) is 0 Å². The number of anilines is 3. The number of halogens is 1. The SMILES string of the molecule is O=S1(=O)CCCc2nc(N3CC(c4ccc(Cl)cc4)C3)nc(Nc3ccc(Cc4nn[nH]n4)cc3)c21. The molecule has 4 aromatic rings. The largest absolute Gasteiger partial charge is 0.339 e. The highest BCUT2D eigenvalue weighted by Crippen LogP contribution is 2.36. The van der Waals surface area contributed by atoms with Crippen molar-refractivity contribution in [2.45, 2.75) is 30.1 Å². The molecule has 2 N–H and O–H groups in total. The first-order valence-electron chi connectivity index (χ1n) is 11.7. The van der Waals surface area contributed by atoms with E-state index in [4.69, 9.17) is 16.6 Å². The van der Waals surface area contributed by atoms with Crippen LogP contribution in [-0.2, 0) is 22.7 Å². The van der Waals surface area contributed by atoms with Gasteiger partial charge in [-0.1, -0.05) is 41.1 Å². The minimum Gasteiger partial charge on any atom is -0.339 e.